The summed E-state index contributed by atoms with van der Waals surface area (Å²) < 4.78 is 17.1. The zero-order valence-electron chi connectivity index (χ0n) is 10.5. The van der Waals surface area contributed by atoms with E-state index in [0.717, 1.165) is 0 Å². The Morgan fingerprint density at radius 3 is 2.90 bits per heavy atom. The molecule has 0 aliphatic heterocycles. The molecular formula is C10H14N5O4P. The molecule has 10 heteroatoms. The summed E-state index contributed by atoms with van der Waals surface area (Å²) in [5, 5.41) is 0. The van der Waals surface area contributed by atoms with Gasteiger partial charge in [0.2, 0.25) is 0 Å². The van der Waals surface area contributed by atoms with E-state index in [0.29, 0.717) is 23.5 Å². The topological polar surface area (TPSA) is 136 Å². The fourth-order valence-electron chi connectivity index (χ4n) is 1.53. The van der Waals surface area contributed by atoms with Crippen LogP contribution in [0.25, 0.3) is 11.2 Å². The molecular weight excluding hydrogens is 285 g/mol. The molecule has 0 atom stereocenters. The van der Waals surface area contributed by atoms with Crippen LogP contribution in [0.15, 0.2) is 24.8 Å². The van der Waals surface area contributed by atoms with E-state index in [2.05, 4.69) is 15.0 Å². The van der Waals surface area contributed by atoms with Crippen LogP contribution in [0, 0.1) is 0 Å². The lowest BCUT2D eigenvalue weighted by Crippen LogP contribution is -1.98. The first-order chi connectivity index (χ1) is 9.47. The Labute approximate surface area is 114 Å². The molecule has 0 aliphatic carbocycles. The highest BCUT2D eigenvalue weighted by Gasteiger charge is 2.11. The van der Waals surface area contributed by atoms with Crippen LogP contribution in [0.3, 0.4) is 0 Å². The second-order valence-electron chi connectivity index (χ2n) is 3.96. The van der Waals surface area contributed by atoms with Crippen molar-refractivity contribution in [3.05, 3.63) is 24.8 Å². The van der Waals surface area contributed by atoms with E-state index in [-0.39, 0.29) is 6.61 Å². The molecule has 0 aromatic carbocycles. The number of hydrogen-bond acceptors (Lipinski definition) is 6. The number of allylic oxidation sites excluding steroid dienone is 1. The van der Waals surface area contributed by atoms with Gasteiger partial charge in [-0.1, -0.05) is 12.2 Å². The summed E-state index contributed by atoms with van der Waals surface area (Å²) >= 11 is 0. The number of rotatable bonds is 6. The Balaban J connectivity index is 1.90. The Morgan fingerprint density at radius 2 is 2.15 bits per heavy atom. The second kappa shape index (κ2) is 6.10. The fraction of sp³-hybridized carbons (Fsp3) is 0.300. The van der Waals surface area contributed by atoms with Crippen molar-refractivity contribution in [1.29, 1.82) is 0 Å². The maximum Gasteiger partial charge on any atom is 0.350 e. The SMILES string of the molecule is Nc1ncnc2c1ncn2C/C=C\COCP(=O)(O)O. The third kappa shape index (κ3) is 3.84. The molecule has 0 bridgehead atoms. The summed E-state index contributed by atoms with van der Waals surface area (Å²) in [5.74, 6) is 0.322. The molecule has 20 heavy (non-hydrogen) atoms. The summed E-state index contributed by atoms with van der Waals surface area (Å²) in [7, 11) is -4.10. The van der Waals surface area contributed by atoms with E-state index in [1.54, 1.807) is 23.0 Å². The molecule has 0 unspecified atom stereocenters. The zero-order chi connectivity index (χ0) is 14.6. The molecule has 0 saturated heterocycles. The predicted molar refractivity (Wildman–Crippen MR) is 71.7 cm³/mol. The van der Waals surface area contributed by atoms with E-state index in [1.807, 2.05) is 0 Å². The number of nitrogens with zero attached hydrogens (tertiary/aromatic N) is 4. The quantitative estimate of drug-likeness (QED) is 0.388. The first-order valence-electron chi connectivity index (χ1n) is 5.66. The van der Waals surface area contributed by atoms with Crippen molar-refractivity contribution in [2.24, 2.45) is 0 Å². The van der Waals surface area contributed by atoms with Gasteiger partial charge in [-0.05, 0) is 0 Å². The number of nitrogen functional groups attached to an aromatic ring is 1. The van der Waals surface area contributed by atoms with Crippen LogP contribution in [0.2, 0.25) is 0 Å². The number of ether oxygens (including phenoxy) is 1. The maximum absolute atomic E-state index is 10.5. The molecule has 0 fully saturated rings. The van der Waals surface area contributed by atoms with Crippen molar-refractivity contribution in [3.8, 4) is 0 Å². The molecule has 108 valence electrons. The minimum Gasteiger partial charge on any atom is -0.382 e. The number of hydrogen-bond donors (Lipinski definition) is 3. The fourth-order valence-corrected chi connectivity index (χ4v) is 1.87. The number of imidazole rings is 1. The third-order valence-electron chi connectivity index (χ3n) is 2.37. The summed E-state index contributed by atoms with van der Waals surface area (Å²) in [6, 6.07) is 0. The average molecular weight is 299 g/mol. The van der Waals surface area contributed by atoms with Crippen LogP contribution < -0.4 is 5.73 Å². The zero-order valence-corrected chi connectivity index (χ0v) is 11.3. The van der Waals surface area contributed by atoms with Crippen molar-refractivity contribution in [2.45, 2.75) is 6.54 Å². The van der Waals surface area contributed by atoms with E-state index in [9.17, 15) is 4.57 Å². The van der Waals surface area contributed by atoms with Crippen LogP contribution >= 0.6 is 7.60 Å². The standard InChI is InChI=1S/C10H14N5O4P/c11-9-8-10(13-5-12-9)15(6-14-8)3-1-2-4-19-7-20(16,17)18/h1-2,5-6H,3-4,7H2,(H2,11,12,13)(H2,16,17,18)/b2-1-. The molecule has 0 aliphatic rings. The van der Waals surface area contributed by atoms with Crippen molar-refractivity contribution < 1.29 is 19.1 Å². The summed E-state index contributed by atoms with van der Waals surface area (Å²) in [6.07, 6.45) is 5.81. The van der Waals surface area contributed by atoms with Gasteiger partial charge < -0.3 is 24.8 Å². The van der Waals surface area contributed by atoms with Crippen LogP contribution in [0.5, 0.6) is 0 Å². The maximum atomic E-state index is 10.5. The van der Waals surface area contributed by atoms with Gasteiger partial charge in [-0.25, -0.2) is 15.0 Å². The first-order valence-corrected chi connectivity index (χ1v) is 7.46. The van der Waals surface area contributed by atoms with E-state index < -0.39 is 13.9 Å². The molecule has 9 nitrogen and oxygen atoms in total. The van der Waals surface area contributed by atoms with Gasteiger partial charge in [-0.15, -0.1) is 0 Å². The lowest BCUT2D eigenvalue weighted by molar-refractivity contribution is 0.184. The highest BCUT2D eigenvalue weighted by Crippen LogP contribution is 2.33. The summed E-state index contributed by atoms with van der Waals surface area (Å²) in [5.41, 5.74) is 6.83. The van der Waals surface area contributed by atoms with Crippen LogP contribution in [-0.2, 0) is 15.8 Å². The predicted octanol–water partition coefficient (Wildman–Crippen LogP) is 0.116. The lowest BCUT2D eigenvalue weighted by atomic mass is 10.4. The summed E-state index contributed by atoms with van der Waals surface area (Å²) in [6.45, 7) is 0.612. The number of anilines is 1. The van der Waals surface area contributed by atoms with Gasteiger partial charge in [-0.2, -0.15) is 0 Å². The molecule has 2 rings (SSSR count). The van der Waals surface area contributed by atoms with Crippen molar-refractivity contribution in [2.75, 3.05) is 18.7 Å². The van der Waals surface area contributed by atoms with Crippen LogP contribution in [-0.4, -0.2) is 42.3 Å². The van der Waals surface area contributed by atoms with Gasteiger partial charge in [0.15, 0.2) is 11.5 Å². The second-order valence-corrected chi connectivity index (χ2v) is 5.55. The van der Waals surface area contributed by atoms with Gasteiger partial charge >= 0.3 is 7.60 Å². The van der Waals surface area contributed by atoms with Crippen molar-refractivity contribution in [1.82, 2.24) is 19.5 Å². The molecule has 0 radical (unpaired) electrons. The van der Waals surface area contributed by atoms with Crippen molar-refractivity contribution in [3.63, 3.8) is 0 Å². The minimum atomic E-state index is -4.10. The Morgan fingerprint density at radius 1 is 1.35 bits per heavy atom. The Bertz CT molecular complexity index is 665. The van der Waals surface area contributed by atoms with Crippen molar-refractivity contribution >= 4 is 24.6 Å². The monoisotopic (exact) mass is 299 g/mol. The Hall–Kier alpha value is -1.80. The lowest BCUT2D eigenvalue weighted by Gasteiger charge is -2.02. The number of aromatic nitrogens is 4. The van der Waals surface area contributed by atoms with Gasteiger partial charge in [0.05, 0.1) is 12.9 Å². The molecule has 0 saturated carbocycles. The van der Waals surface area contributed by atoms with Gasteiger partial charge in [0.25, 0.3) is 0 Å². The highest BCUT2D eigenvalue weighted by molar-refractivity contribution is 7.51. The molecule has 4 N–H and O–H groups in total. The summed E-state index contributed by atoms with van der Waals surface area (Å²) in [4.78, 5) is 29.2. The highest BCUT2D eigenvalue weighted by atomic mass is 31.2. The molecule has 2 aromatic rings. The molecule has 0 spiro atoms. The number of fused-ring (bicyclic) bond motifs is 1. The minimum absolute atomic E-state index is 0.120. The van der Waals surface area contributed by atoms with Gasteiger partial charge in [0, 0.05) is 6.54 Å². The van der Waals surface area contributed by atoms with Gasteiger partial charge in [-0.3, -0.25) is 4.57 Å². The largest absolute Gasteiger partial charge is 0.382 e. The van der Waals surface area contributed by atoms with Gasteiger partial charge in [0.1, 0.15) is 18.2 Å². The van der Waals surface area contributed by atoms with E-state index in [4.69, 9.17) is 20.3 Å². The molecule has 2 heterocycles. The Kier molecular flexibility index (Phi) is 4.46. The first kappa shape index (κ1) is 14.6. The van der Waals surface area contributed by atoms with E-state index >= 15 is 0 Å². The van der Waals surface area contributed by atoms with Crippen LogP contribution in [0.1, 0.15) is 0 Å². The average Bonchev–Trinajstić information content (AvgIpc) is 2.77. The number of nitrogens with two attached hydrogens (primary N) is 1. The van der Waals surface area contributed by atoms with Crippen LogP contribution in [0.4, 0.5) is 5.82 Å². The smallest absolute Gasteiger partial charge is 0.350 e. The molecule has 0 amide bonds. The van der Waals surface area contributed by atoms with E-state index in [1.165, 1.54) is 6.33 Å². The molecule has 2 aromatic heterocycles. The third-order valence-corrected chi connectivity index (χ3v) is 2.89. The normalized spacial score (nSPS) is 12.5.